The molecule has 100 valence electrons. The monoisotopic (exact) mass is 256 g/mol. The van der Waals surface area contributed by atoms with Crippen LogP contribution in [0.1, 0.15) is 18.9 Å². The number of para-hydroxylation sites is 1. The van der Waals surface area contributed by atoms with Crippen molar-refractivity contribution < 1.29 is 9.47 Å². The Balaban J connectivity index is 2.22. The van der Waals surface area contributed by atoms with Gasteiger partial charge in [-0.1, -0.05) is 49.4 Å². The third kappa shape index (κ3) is 3.28. The van der Waals surface area contributed by atoms with E-state index in [1.165, 1.54) is 5.57 Å². The first-order valence-corrected chi connectivity index (χ1v) is 6.52. The zero-order valence-corrected chi connectivity index (χ0v) is 11.7. The number of benzene rings is 1. The number of rotatable bonds is 4. The van der Waals surface area contributed by atoms with Crippen LogP contribution in [0.25, 0.3) is 6.08 Å². The fourth-order valence-corrected chi connectivity index (χ4v) is 2.10. The SMILES string of the molecule is COc1cccc(/C=C/C2=CCC(C)C=C2)c1OC. The third-order valence-corrected chi connectivity index (χ3v) is 3.23. The molecule has 1 aromatic rings. The number of methoxy groups -OCH3 is 2. The molecule has 1 aromatic carbocycles. The molecular weight excluding hydrogens is 236 g/mol. The average Bonchev–Trinajstić information content (AvgIpc) is 2.46. The van der Waals surface area contributed by atoms with Crippen molar-refractivity contribution in [3.05, 3.63) is 53.6 Å². The summed E-state index contributed by atoms with van der Waals surface area (Å²) < 4.78 is 10.7. The first-order chi connectivity index (χ1) is 9.24. The van der Waals surface area contributed by atoms with E-state index in [0.29, 0.717) is 5.92 Å². The molecule has 0 heterocycles. The molecule has 0 saturated carbocycles. The molecule has 1 unspecified atom stereocenters. The highest BCUT2D eigenvalue weighted by atomic mass is 16.5. The summed E-state index contributed by atoms with van der Waals surface area (Å²) in [6, 6.07) is 5.89. The van der Waals surface area contributed by atoms with E-state index in [1.807, 2.05) is 18.2 Å². The first-order valence-electron chi connectivity index (χ1n) is 6.52. The van der Waals surface area contributed by atoms with Crippen LogP contribution < -0.4 is 9.47 Å². The molecule has 0 N–H and O–H groups in total. The third-order valence-electron chi connectivity index (χ3n) is 3.23. The van der Waals surface area contributed by atoms with Crippen LogP contribution in [0, 0.1) is 5.92 Å². The van der Waals surface area contributed by atoms with E-state index in [4.69, 9.17) is 9.47 Å². The van der Waals surface area contributed by atoms with Gasteiger partial charge in [0.15, 0.2) is 11.5 Å². The molecule has 1 atom stereocenters. The normalized spacial score (nSPS) is 18.5. The van der Waals surface area contributed by atoms with Crippen molar-refractivity contribution in [2.75, 3.05) is 14.2 Å². The minimum Gasteiger partial charge on any atom is -0.493 e. The lowest BCUT2D eigenvalue weighted by molar-refractivity contribution is 0.354. The first kappa shape index (κ1) is 13.5. The summed E-state index contributed by atoms with van der Waals surface area (Å²) in [6.45, 7) is 2.22. The lowest BCUT2D eigenvalue weighted by atomic mass is 9.98. The summed E-state index contributed by atoms with van der Waals surface area (Å²) in [5.74, 6) is 2.17. The second kappa shape index (κ2) is 6.28. The van der Waals surface area contributed by atoms with Gasteiger partial charge in [-0.15, -0.1) is 0 Å². The van der Waals surface area contributed by atoms with Crippen molar-refractivity contribution in [2.45, 2.75) is 13.3 Å². The van der Waals surface area contributed by atoms with Crippen molar-refractivity contribution in [3.8, 4) is 11.5 Å². The number of hydrogen-bond acceptors (Lipinski definition) is 2. The van der Waals surface area contributed by atoms with Crippen molar-refractivity contribution in [3.63, 3.8) is 0 Å². The fraction of sp³-hybridized carbons (Fsp3) is 0.294. The standard InChI is InChI=1S/C17H20O2/c1-13-7-9-14(10-8-13)11-12-15-5-4-6-16(18-2)17(15)19-3/h4-7,9-13H,8H2,1-3H3/b12-11+. The Kier molecular flexibility index (Phi) is 4.45. The second-order valence-corrected chi connectivity index (χ2v) is 4.69. The summed E-state index contributed by atoms with van der Waals surface area (Å²) in [4.78, 5) is 0. The van der Waals surface area contributed by atoms with Gasteiger partial charge in [0.25, 0.3) is 0 Å². The molecule has 0 radical (unpaired) electrons. The van der Waals surface area contributed by atoms with Gasteiger partial charge in [-0.2, -0.15) is 0 Å². The zero-order valence-electron chi connectivity index (χ0n) is 11.7. The molecule has 0 fully saturated rings. The molecule has 0 saturated heterocycles. The Morgan fingerprint density at radius 1 is 1.16 bits per heavy atom. The van der Waals surface area contributed by atoms with Gasteiger partial charge in [-0.05, 0) is 24.0 Å². The van der Waals surface area contributed by atoms with Gasteiger partial charge in [0.1, 0.15) is 0 Å². The molecule has 2 heteroatoms. The zero-order chi connectivity index (χ0) is 13.7. The maximum atomic E-state index is 5.41. The van der Waals surface area contributed by atoms with Crippen molar-refractivity contribution in [1.82, 2.24) is 0 Å². The number of allylic oxidation sites excluding steroid dienone is 5. The maximum absolute atomic E-state index is 5.41. The van der Waals surface area contributed by atoms with Gasteiger partial charge in [0, 0.05) is 5.56 Å². The smallest absolute Gasteiger partial charge is 0.167 e. The van der Waals surface area contributed by atoms with Crippen LogP contribution in [0.2, 0.25) is 0 Å². The molecule has 0 spiro atoms. The summed E-state index contributed by atoms with van der Waals surface area (Å²) in [5, 5.41) is 0. The van der Waals surface area contributed by atoms with E-state index < -0.39 is 0 Å². The Morgan fingerprint density at radius 2 is 2.00 bits per heavy atom. The fourth-order valence-electron chi connectivity index (χ4n) is 2.10. The summed E-state index contributed by atoms with van der Waals surface area (Å²) in [7, 11) is 3.32. The van der Waals surface area contributed by atoms with Gasteiger partial charge in [0.2, 0.25) is 0 Å². The van der Waals surface area contributed by atoms with Gasteiger partial charge >= 0.3 is 0 Å². The molecule has 2 rings (SSSR count). The van der Waals surface area contributed by atoms with E-state index in [-0.39, 0.29) is 0 Å². The molecule has 19 heavy (non-hydrogen) atoms. The Bertz CT molecular complexity index is 524. The molecular formula is C17H20O2. The van der Waals surface area contributed by atoms with Gasteiger partial charge in [-0.25, -0.2) is 0 Å². The summed E-state index contributed by atoms with van der Waals surface area (Å²) in [6.07, 6.45) is 11.9. The molecule has 1 aliphatic rings. The van der Waals surface area contributed by atoms with Crippen LogP contribution in [-0.2, 0) is 0 Å². The molecule has 0 amide bonds. The predicted octanol–water partition coefficient (Wildman–Crippen LogP) is 4.24. The van der Waals surface area contributed by atoms with Crippen LogP contribution in [0.5, 0.6) is 11.5 Å². The average molecular weight is 256 g/mol. The minimum absolute atomic E-state index is 0.642. The minimum atomic E-state index is 0.642. The van der Waals surface area contributed by atoms with Crippen LogP contribution in [0.15, 0.2) is 48.1 Å². The van der Waals surface area contributed by atoms with E-state index in [1.54, 1.807) is 14.2 Å². The highest BCUT2D eigenvalue weighted by Crippen LogP contribution is 2.31. The quantitative estimate of drug-likeness (QED) is 0.802. The Morgan fingerprint density at radius 3 is 2.63 bits per heavy atom. The highest BCUT2D eigenvalue weighted by molar-refractivity contribution is 5.64. The highest BCUT2D eigenvalue weighted by Gasteiger charge is 2.07. The van der Waals surface area contributed by atoms with Crippen LogP contribution in [-0.4, -0.2) is 14.2 Å². The lowest BCUT2D eigenvalue weighted by Gasteiger charge is -2.11. The summed E-state index contributed by atoms with van der Waals surface area (Å²) >= 11 is 0. The van der Waals surface area contributed by atoms with E-state index >= 15 is 0 Å². The van der Waals surface area contributed by atoms with Gasteiger partial charge in [0.05, 0.1) is 14.2 Å². The lowest BCUT2D eigenvalue weighted by Crippen LogP contribution is -1.93. The van der Waals surface area contributed by atoms with Crippen molar-refractivity contribution in [2.24, 2.45) is 5.92 Å². The van der Waals surface area contributed by atoms with Gasteiger partial charge in [-0.3, -0.25) is 0 Å². The molecule has 0 aromatic heterocycles. The molecule has 2 nitrogen and oxygen atoms in total. The van der Waals surface area contributed by atoms with E-state index in [2.05, 4.69) is 37.3 Å². The Hall–Kier alpha value is -1.96. The van der Waals surface area contributed by atoms with Crippen LogP contribution >= 0.6 is 0 Å². The molecule has 0 bridgehead atoms. The van der Waals surface area contributed by atoms with Crippen molar-refractivity contribution in [1.29, 1.82) is 0 Å². The number of hydrogen-bond donors (Lipinski definition) is 0. The van der Waals surface area contributed by atoms with E-state index in [9.17, 15) is 0 Å². The van der Waals surface area contributed by atoms with Crippen LogP contribution in [0.3, 0.4) is 0 Å². The Labute approximate surface area is 115 Å². The number of ether oxygens (including phenoxy) is 2. The largest absolute Gasteiger partial charge is 0.493 e. The molecule has 1 aliphatic carbocycles. The molecule has 0 aliphatic heterocycles. The van der Waals surface area contributed by atoms with Gasteiger partial charge < -0.3 is 9.47 Å². The summed E-state index contributed by atoms with van der Waals surface area (Å²) in [5.41, 5.74) is 2.26. The van der Waals surface area contributed by atoms with E-state index in [0.717, 1.165) is 23.5 Å². The predicted molar refractivity (Wildman–Crippen MR) is 79.6 cm³/mol. The van der Waals surface area contributed by atoms with Crippen molar-refractivity contribution >= 4 is 6.08 Å². The maximum Gasteiger partial charge on any atom is 0.167 e. The topological polar surface area (TPSA) is 18.5 Å². The van der Waals surface area contributed by atoms with Crippen LogP contribution in [0.4, 0.5) is 0 Å². The second-order valence-electron chi connectivity index (χ2n) is 4.69.